The number of anilines is 1. The third-order valence-corrected chi connectivity index (χ3v) is 1.66. The number of hydrogen-bond donors (Lipinski definition) is 2. The van der Waals surface area contributed by atoms with Gasteiger partial charge in [-0.1, -0.05) is 6.07 Å². The van der Waals surface area contributed by atoms with Gasteiger partial charge in [-0.25, -0.2) is 0 Å². The Morgan fingerprint density at radius 1 is 1.50 bits per heavy atom. The molecule has 0 heterocycles. The summed E-state index contributed by atoms with van der Waals surface area (Å²) >= 11 is 0. The standard InChI is InChI=1S/C9H13NO2/c1-7-2-3-8(6-9(7)12)10-4-5-11/h2-3,6,10-12H,4-5H2,1H3/p+1. The third kappa shape index (κ3) is 2.13. The van der Waals surface area contributed by atoms with Crippen LogP contribution in [0, 0.1) is 6.92 Å². The highest BCUT2D eigenvalue weighted by atomic mass is 16.3. The van der Waals surface area contributed by atoms with E-state index in [-0.39, 0.29) is 0 Å². The van der Waals surface area contributed by atoms with Crippen molar-refractivity contribution < 1.29 is 10.2 Å². The lowest BCUT2D eigenvalue weighted by atomic mass is 10.2. The molecular formula is C9H14NO2+. The van der Waals surface area contributed by atoms with Crippen LogP contribution in [0.3, 0.4) is 0 Å². The van der Waals surface area contributed by atoms with Crippen LogP contribution < -0.4 is 5.32 Å². The Morgan fingerprint density at radius 2 is 2.25 bits per heavy atom. The zero-order valence-corrected chi connectivity index (χ0v) is 7.09. The molecule has 0 saturated carbocycles. The fraction of sp³-hybridized carbons (Fsp3) is 0.333. The predicted octanol–water partition coefficient (Wildman–Crippen LogP) is 0.837. The molecule has 12 heavy (non-hydrogen) atoms. The van der Waals surface area contributed by atoms with Crippen LogP contribution in [-0.2, 0) is 0 Å². The molecule has 0 aromatic heterocycles. The molecule has 66 valence electrons. The van der Waals surface area contributed by atoms with Crippen LogP contribution in [0.1, 0.15) is 5.56 Å². The molecule has 0 spiro atoms. The highest BCUT2D eigenvalue weighted by molar-refractivity contribution is 5.50. The molecule has 0 amide bonds. The van der Waals surface area contributed by atoms with Crippen molar-refractivity contribution >= 4 is 5.69 Å². The highest BCUT2D eigenvalue weighted by Gasteiger charge is 1.96. The van der Waals surface area contributed by atoms with Gasteiger partial charge in [0.2, 0.25) is 0 Å². The summed E-state index contributed by atoms with van der Waals surface area (Å²) in [6, 6.07) is 5.41. The van der Waals surface area contributed by atoms with Crippen molar-refractivity contribution in [2.75, 3.05) is 18.5 Å². The van der Waals surface area contributed by atoms with Crippen LogP contribution in [-0.4, -0.2) is 23.4 Å². The van der Waals surface area contributed by atoms with Gasteiger partial charge in [0, 0.05) is 11.8 Å². The first-order chi connectivity index (χ1) is 5.74. The first kappa shape index (κ1) is 8.87. The Morgan fingerprint density at radius 3 is 2.83 bits per heavy atom. The number of rotatable bonds is 3. The molecule has 0 unspecified atom stereocenters. The van der Waals surface area contributed by atoms with Gasteiger partial charge >= 0.3 is 0 Å². The molecule has 3 heteroatoms. The predicted molar refractivity (Wildman–Crippen MR) is 49.8 cm³/mol. The van der Waals surface area contributed by atoms with E-state index < -0.39 is 0 Å². The molecule has 0 saturated heterocycles. The lowest BCUT2D eigenvalue weighted by Gasteiger charge is -2.04. The van der Waals surface area contributed by atoms with Crippen molar-refractivity contribution in [3.63, 3.8) is 0 Å². The van der Waals surface area contributed by atoms with E-state index >= 15 is 0 Å². The summed E-state index contributed by atoms with van der Waals surface area (Å²) in [5.41, 5.74) is 1.73. The van der Waals surface area contributed by atoms with Crippen LogP contribution in [0.25, 0.3) is 0 Å². The Balaban J connectivity index is 2.69. The Bertz CT molecular complexity index is 261. The average Bonchev–Trinajstić information content (AvgIpc) is 2.07. The maximum absolute atomic E-state index is 9.31. The number of phenols is 1. The Kier molecular flexibility index (Phi) is 2.94. The number of phenolic OH excluding ortho intramolecular Hbond substituents is 1. The van der Waals surface area contributed by atoms with Gasteiger partial charge in [-0.05, 0) is 18.6 Å². The minimum atomic E-state index is 0.296. The number of benzene rings is 1. The van der Waals surface area contributed by atoms with E-state index in [1.165, 1.54) is 0 Å². The van der Waals surface area contributed by atoms with Gasteiger partial charge in [-0.2, -0.15) is 0 Å². The van der Waals surface area contributed by atoms with E-state index in [0.717, 1.165) is 11.3 Å². The van der Waals surface area contributed by atoms with Crippen molar-refractivity contribution in [2.45, 2.75) is 6.92 Å². The zero-order chi connectivity index (χ0) is 8.97. The molecule has 3 nitrogen and oxygen atoms in total. The molecule has 0 aliphatic rings. The molecule has 0 aliphatic heterocycles. The van der Waals surface area contributed by atoms with Crippen molar-refractivity contribution in [2.24, 2.45) is 0 Å². The molecule has 1 rings (SSSR count). The third-order valence-electron chi connectivity index (χ3n) is 1.66. The fourth-order valence-electron chi connectivity index (χ4n) is 0.926. The molecular weight excluding hydrogens is 154 g/mol. The van der Waals surface area contributed by atoms with Gasteiger partial charge in [0.1, 0.15) is 5.75 Å². The lowest BCUT2D eigenvalue weighted by molar-refractivity contribution is 0.311. The summed E-state index contributed by atoms with van der Waals surface area (Å²) in [4.78, 5) is 0. The summed E-state index contributed by atoms with van der Waals surface area (Å²) in [7, 11) is 0. The SMILES string of the molecule is Cc1ccc(NCC[OH2+])cc1O. The number of nitrogens with one attached hydrogen (secondary N) is 1. The second kappa shape index (κ2) is 3.97. The summed E-state index contributed by atoms with van der Waals surface area (Å²) in [5, 5.41) is 19.3. The van der Waals surface area contributed by atoms with Gasteiger partial charge in [-0.3, -0.25) is 0 Å². The first-order valence-electron chi connectivity index (χ1n) is 3.92. The Labute approximate surface area is 71.7 Å². The highest BCUT2D eigenvalue weighted by Crippen LogP contribution is 2.20. The smallest absolute Gasteiger partial charge is 0.161 e. The van der Waals surface area contributed by atoms with Crippen molar-refractivity contribution in [1.29, 1.82) is 0 Å². The molecule has 0 fully saturated rings. The van der Waals surface area contributed by atoms with Crippen LogP contribution in [0.4, 0.5) is 5.69 Å². The summed E-state index contributed by atoms with van der Waals surface area (Å²) < 4.78 is 0. The summed E-state index contributed by atoms with van der Waals surface area (Å²) in [6.07, 6.45) is 0. The van der Waals surface area contributed by atoms with Gasteiger partial charge in [0.25, 0.3) is 0 Å². The average molecular weight is 168 g/mol. The van der Waals surface area contributed by atoms with Gasteiger partial charge in [0.05, 0.1) is 6.54 Å². The zero-order valence-electron chi connectivity index (χ0n) is 7.09. The topological polar surface area (TPSA) is 55.2 Å². The van der Waals surface area contributed by atoms with Gasteiger partial charge < -0.3 is 15.5 Å². The summed E-state index contributed by atoms with van der Waals surface area (Å²) in [5.74, 6) is 0.296. The van der Waals surface area contributed by atoms with Crippen LogP contribution in [0.5, 0.6) is 5.75 Å². The van der Waals surface area contributed by atoms with E-state index in [4.69, 9.17) is 5.11 Å². The van der Waals surface area contributed by atoms with Crippen LogP contribution in [0.15, 0.2) is 18.2 Å². The van der Waals surface area contributed by atoms with E-state index in [9.17, 15) is 5.11 Å². The quantitative estimate of drug-likeness (QED) is 0.657. The molecule has 0 atom stereocenters. The normalized spacial score (nSPS) is 9.83. The fourth-order valence-corrected chi connectivity index (χ4v) is 0.926. The summed E-state index contributed by atoms with van der Waals surface area (Å²) in [6.45, 7) is 2.81. The Hall–Kier alpha value is -1.22. The van der Waals surface area contributed by atoms with E-state index in [1.807, 2.05) is 19.1 Å². The van der Waals surface area contributed by atoms with Crippen LogP contribution in [0.2, 0.25) is 0 Å². The number of aromatic hydroxyl groups is 1. The molecule has 4 N–H and O–H groups in total. The van der Waals surface area contributed by atoms with E-state index in [2.05, 4.69) is 5.32 Å². The van der Waals surface area contributed by atoms with E-state index in [0.29, 0.717) is 18.9 Å². The van der Waals surface area contributed by atoms with Gasteiger partial charge in [0.15, 0.2) is 6.61 Å². The van der Waals surface area contributed by atoms with Crippen molar-refractivity contribution in [3.05, 3.63) is 23.8 Å². The molecule has 1 aromatic rings. The monoisotopic (exact) mass is 168 g/mol. The van der Waals surface area contributed by atoms with E-state index in [1.54, 1.807) is 6.07 Å². The van der Waals surface area contributed by atoms with Crippen molar-refractivity contribution in [3.8, 4) is 5.75 Å². The molecule has 1 aromatic carbocycles. The maximum Gasteiger partial charge on any atom is 0.161 e. The van der Waals surface area contributed by atoms with Crippen LogP contribution >= 0.6 is 0 Å². The molecule has 0 aliphatic carbocycles. The minimum absolute atomic E-state index is 0.296. The first-order valence-corrected chi connectivity index (χ1v) is 3.92. The number of hydrogen-bond acceptors (Lipinski definition) is 2. The minimum Gasteiger partial charge on any atom is -0.508 e. The molecule has 0 radical (unpaired) electrons. The van der Waals surface area contributed by atoms with Crippen molar-refractivity contribution in [1.82, 2.24) is 0 Å². The largest absolute Gasteiger partial charge is 0.508 e. The number of aryl methyl sites for hydroxylation is 1. The maximum atomic E-state index is 9.31. The molecule has 0 bridgehead atoms. The van der Waals surface area contributed by atoms with Gasteiger partial charge in [-0.15, -0.1) is 0 Å². The second-order valence-electron chi connectivity index (χ2n) is 2.68. The lowest BCUT2D eigenvalue weighted by Crippen LogP contribution is -2.04. The second-order valence-corrected chi connectivity index (χ2v) is 2.68.